The third-order valence-electron chi connectivity index (χ3n) is 2.10. The van der Waals surface area contributed by atoms with Crippen LogP contribution < -0.4 is 5.73 Å². The zero-order valence-electron chi connectivity index (χ0n) is 5.84. The second-order valence-electron chi connectivity index (χ2n) is 2.80. The molecular weight excluding hydrogens is 142 g/mol. The van der Waals surface area contributed by atoms with Crippen molar-refractivity contribution >= 4 is 11.3 Å². The van der Waals surface area contributed by atoms with Crippen LogP contribution in [0.25, 0.3) is 0 Å². The smallest absolute Gasteiger partial charge is 0.0306 e. The molecule has 0 radical (unpaired) electrons. The highest BCUT2D eigenvalue weighted by molar-refractivity contribution is 7.10. The van der Waals surface area contributed by atoms with Gasteiger partial charge in [0.15, 0.2) is 0 Å². The van der Waals surface area contributed by atoms with Crippen molar-refractivity contribution in [2.75, 3.05) is 0 Å². The number of hydrogen-bond donors (Lipinski definition) is 1. The Morgan fingerprint density at radius 1 is 1.60 bits per heavy atom. The van der Waals surface area contributed by atoms with Crippen molar-refractivity contribution < 1.29 is 0 Å². The Morgan fingerprint density at radius 2 is 2.50 bits per heavy atom. The summed E-state index contributed by atoms with van der Waals surface area (Å²) in [6.07, 6.45) is 3.69. The van der Waals surface area contributed by atoms with Crippen LogP contribution in [0.3, 0.4) is 0 Å². The highest BCUT2D eigenvalue weighted by Crippen LogP contribution is 2.31. The Labute approximate surface area is 64.9 Å². The lowest BCUT2D eigenvalue weighted by atomic mass is 9.95. The molecule has 1 atom stereocenters. The second kappa shape index (κ2) is 2.36. The van der Waals surface area contributed by atoms with E-state index in [1.165, 1.54) is 29.7 Å². The van der Waals surface area contributed by atoms with Gasteiger partial charge in [0.05, 0.1) is 0 Å². The average Bonchev–Trinajstić information content (AvgIpc) is 2.36. The van der Waals surface area contributed by atoms with Crippen molar-refractivity contribution in [1.82, 2.24) is 0 Å². The fourth-order valence-corrected chi connectivity index (χ4v) is 2.52. The third kappa shape index (κ3) is 0.879. The molecule has 0 spiro atoms. The van der Waals surface area contributed by atoms with E-state index in [0.29, 0.717) is 6.04 Å². The van der Waals surface area contributed by atoms with Gasteiger partial charge in [-0.15, -0.1) is 11.3 Å². The van der Waals surface area contributed by atoms with Crippen molar-refractivity contribution in [2.45, 2.75) is 25.3 Å². The van der Waals surface area contributed by atoms with E-state index in [2.05, 4.69) is 11.4 Å². The molecule has 0 aromatic carbocycles. The predicted octanol–water partition coefficient (Wildman–Crippen LogP) is 2.08. The van der Waals surface area contributed by atoms with Crippen LogP contribution in [-0.2, 0) is 6.42 Å². The van der Waals surface area contributed by atoms with Crippen LogP contribution in [0.15, 0.2) is 11.4 Å². The molecule has 0 saturated heterocycles. The molecule has 10 heavy (non-hydrogen) atoms. The first-order valence-electron chi connectivity index (χ1n) is 3.70. The highest BCUT2D eigenvalue weighted by atomic mass is 32.1. The van der Waals surface area contributed by atoms with Crippen molar-refractivity contribution in [2.24, 2.45) is 5.73 Å². The third-order valence-corrected chi connectivity index (χ3v) is 3.09. The quantitative estimate of drug-likeness (QED) is 0.606. The Kier molecular flexibility index (Phi) is 1.51. The molecule has 54 valence electrons. The summed E-state index contributed by atoms with van der Waals surface area (Å²) in [6.45, 7) is 0. The summed E-state index contributed by atoms with van der Waals surface area (Å²) in [7, 11) is 0. The molecule has 2 rings (SSSR count). The standard InChI is InChI=1S/C8H11NS/c9-7-2-1-3-8-6(7)4-5-10-8/h4-5,7H,1-3,9H2/t7-/m0/s1. The Hall–Kier alpha value is -0.340. The fourth-order valence-electron chi connectivity index (χ4n) is 1.52. The summed E-state index contributed by atoms with van der Waals surface area (Å²) in [5, 5.41) is 2.15. The van der Waals surface area contributed by atoms with Crippen molar-refractivity contribution in [3.05, 3.63) is 21.9 Å². The van der Waals surface area contributed by atoms with E-state index in [1.807, 2.05) is 11.3 Å². The van der Waals surface area contributed by atoms with Gasteiger partial charge in [-0.25, -0.2) is 0 Å². The molecule has 2 heteroatoms. The molecule has 1 aliphatic rings. The number of aryl methyl sites for hydroxylation is 1. The minimum atomic E-state index is 0.329. The van der Waals surface area contributed by atoms with E-state index in [1.54, 1.807) is 0 Å². The van der Waals surface area contributed by atoms with Gasteiger partial charge in [-0.2, -0.15) is 0 Å². The summed E-state index contributed by atoms with van der Waals surface area (Å²) >= 11 is 1.85. The van der Waals surface area contributed by atoms with Gasteiger partial charge in [0.2, 0.25) is 0 Å². The van der Waals surface area contributed by atoms with Gasteiger partial charge < -0.3 is 5.73 Å². The normalized spacial score (nSPS) is 24.3. The molecule has 0 unspecified atom stereocenters. The van der Waals surface area contributed by atoms with Gasteiger partial charge in [-0.05, 0) is 36.3 Å². The first-order valence-corrected chi connectivity index (χ1v) is 4.58. The summed E-state index contributed by atoms with van der Waals surface area (Å²) in [5.74, 6) is 0. The molecule has 2 N–H and O–H groups in total. The minimum absolute atomic E-state index is 0.329. The maximum absolute atomic E-state index is 5.90. The first kappa shape index (κ1) is 6.38. The molecule has 1 aromatic heterocycles. The van der Waals surface area contributed by atoms with Gasteiger partial charge in [-0.3, -0.25) is 0 Å². The van der Waals surface area contributed by atoms with Gasteiger partial charge in [-0.1, -0.05) is 0 Å². The molecule has 0 bridgehead atoms. The summed E-state index contributed by atoms with van der Waals surface area (Å²) in [6, 6.07) is 2.50. The van der Waals surface area contributed by atoms with E-state index in [-0.39, 0.29) is 0 Å². The minimum Gasteiger partial charge on any atom is -0.324 e. The maximum Gasteiger partial charge on any atom is 0.0306 e. The summed E-state index contributed by atoms with van der Waals surface area (Å²) in [4.78, 5) is 1.51. The van der Waals surface area contributed by atoms with E-state index in [9.17, 15) is 0 Å². The highest BCUT2D eigenvalue weighted by Gasteiger charge is 2.16. The average molecular weight is 153 g/mol. The first-order chi connectivity index (χ1) is 4.88. The lowest BCUT2D eigenvalue weighted by Crippen LogP contribution is -2.14. The SMILES string of the molecule is N[C@H]1CCCc2sccc21. The molecule has 1 heterocycles. The lowest BCUT2D eigenvalue weighted by molar-refractivity contribution is 0.578. The molecule has 1 aromatic rings. The van der Waals surface area contributed by atoms with E-state index < -0.39 is 0 Å². The number of hydrogen-bond acceptors (Lipinski definition) is 2. The number of rotatable bonds is 0. The Morgan fingerprint density at radius 3 is 3.30 bits per heavy atom. The predicted molar refractivity (Wildman–Crippen MR) is 44.2 cm³/mol. The molecule has 0 amide bonds. The molecule has 0 saturated carbocycles. The number of nitrogens with two attached hydrogens (primary N) is 1. The van der Waals surface area contributed by atoms with Gasteiger partial charge in [0.1, 0.15) is 0 Å². The van der Waals surface area contributed by atoms with Gasteiger partial charge in [0.25, 0.3) is 0 Å². The van der Waals surface area contributed by atoms with Crippen LogP contribution >= 0.6 is 11.3 Å². The Bertz CT molecular complexity index is 229. The van der Waals surface area contributed by atoms with Crippen molar-refractivity contribution in [1.29, 1.82) is 0 Å². The monoisotopic (exact) mass is 153 g/mol. The van der Waals surface area contributed by atoms with E-state index in [0.717, 1.165) is 0 Å². The van der Waals surface area contributed by atoms with Crippen LogP contribution in [0.2, 0.25) is 0 Å². The number of fused-ring (bicyclic) bond motifs is 1. The van der Waals surface area contributed by atoms with Gasteiger partial charge >= 0.3 is 0 Å². The van der Waals surface area contributed by atoms with Crippen LogP contribution in [0.4, 0.5) is 0 Å². The second-order valence-corrected chi connectivity index (χ2v) is 3.80. The zero-order chi connectivity index (χ0) is 6.97. The van der Waals surface area contributed by atoms with Crippen LogP contribution in [0, 0.1) is 0 Å². The lowest BCUT2D eigenvalue weighted by Gasteiger charge is -2.17. The molecular formula is C8H11NS. The van der Waals surface area contributed by atoms with Crippen LogP contribution in [-0.4, -0.2) is 0 Å². The van der Waals surface area contributed by atoms with Crippen LogP contribution in [0.5, 0.6) is 0 Å². The largest absolute Gasteiger partial charge is 0.324 e. The summed E-state index contributed by atoms with van der Waals surface area (Å²) < 4.78 is 0. The molecule has 1 aliphatic carbocycles. The zero-order valence-corrected chi connectivity index (χ0v) is 6.66. The Balaban J connectivity index is 2.41. The topological polar surface area (TPSA) is 26.0 Å². The van der Waals surface area contributed by atoms with E-state index in [4.69, 9.17) is 5.73 Å². The molecule has 0 fully saturated rings. The number of thiophene rings is 1. The van der Waals surface area contributed by atoms with Gasteiger partial charge in [0, 0.05) is 10.9 Å². The van der Waals surface area contributed by atoms with E-state index >= 15 is 0 Å². The molecule has 0 aliphatic heterocycles. The fraction of sp³-hybridized carbons (Fsp3) is 0.500. The summed E-state index contributed by atoms with van der Waals surface area (Å²) in [5.41, 5.74) is 7.30. The van der Waals surface area contributed by atoms with Crippen LogP contribution in [0.1, 0.15) is 29.3 Å². The van der Waals surface area contributed by atoms with Crippen molar-refractivity contribution in [3.8, 4) is 0 Å². The molecule has 1 nitrogen and oxygen atoms in total. The van der Waals surface area contributed by atoms with Crippen molar-refractivity contribution in [3.63, 3.8) is 0 Å². The maximum atomic E-state index is 5.90.